The number of halogens is 2. The quantitative estimate of drug-likeness (QED) is 0.230. The van der Waals surface area contributed by atoms with Crippen LogP contribution < -0.4 is 14.9 Å². The first-order chi connectivity index (χ1) is 17.1. The molecule has 0 heterocycles. The van der Waals surface area contributed by atoms with Gasteiger partial charge in [0.15, 0.2) is 0 Å². The van der Waals surface area contributed by atoms with Gasteiger partial charge in [-0.15, -0.1) is 0 Å². The number of carbonyl (C=O) groups is 1. The lowest BCUT2D eigenvalue weighted by molar-refractivity contribution is -0.0499. The number of benzene rings is 4. The molecule has 0 aromatic heterocycles. The molecule has 4 rings (SSSR count). The highest BCUT2D eigenvalue weighted by Gasteiger charge is 2.09. The summed E-state index contributed by atoms with van der Waals surface area (Å²) in [5.74, 6) is 0.306. The van der Waals surface area contributed by atoms with E-state index >= 15 is 0 Å². The van der Waals surface area contributed by atoms with Gasteiger partial charge in [-0.1, -0.05) is 72.8 Å². The Balaban J connectivity index is 1.35. The van der Waals surface area contributed by atoms with Gasteiger partial charge in [-0.05, 0) is 41.5 Å². The molecule has 35 heavy (non-hydrogen) atoms. The van der Waals surface area contributed by atoms with Crippen molar-refractivity contribution >= 4 is 12.1 Å². The minimum Gasteiger partial charge on any atom is -0.488 e. The normalized spacial score (nSPS) is 10.9. The van der Waals surface area contributed by atoms with E-state index in [9.17, 15) is 13.6 Å². The second-order valence-corrected chi connectivity index (χ2v) is 7.46. The number of rotatable bonds is 9. The van der Waals surface area contributed by atoms with Crippen LogP contribution in [0.1, 0.15) is 21.5 Å². The molecule has 0 spiro atoms. The number of nitrogens with zero attached hydrogens (tertiary/aromatic N) is 1. The van der Waals surface area contributed by atoms with Gasteiger partial charge in [-0.2, -0.15) is 13.9 Å². The van der Waals surface area contributed by atoms with Crippen LogP contribution in [0.4, 0.5) is 8.78 Å². The number of ether oxygens (including phenoxy) is 2. The van der Waals surface area contributed by atoms with Crippen molar-refractivity contribution in [1.82, 2.24) is 5.43 Å². The van der Waals surface area contributed by atoms with Crippen molar-refractivity contribution in [2.24, 2.45) is 5.10 Å². The second-order valence-electron chi connectivity index (χ2n) is 7.46. The van der Waals surface area contributed by atoms with Crippen molar-refractivity contribution in [3.63, 3.8) is 0 Å². The monoisotopic (exact) mass is 472 g/mol. The average Bonchev–Trinajstić information content (AvgIpc) is 2.89. The number of alkyl halides is 2. The Bertz CT molecular complexity index is 1290. The smallest absolute Gasteiger partial charge is 0.387 e. The van der Waals surface area contributed by atoms with Crippen LogP contribution in [0.2, 0.25) is 0 Å². The van der Waals surface area contributed by atoms with E-state index in [1.807, 2.05) is 54.6 Å². The van der Waals surface area contributed by atoms with Crippen LogP contribution in [0.25, 0.3) is 11.1 Å². The molecule has 0 aliphatic carbocycles. The van der Waals surface area contributed by atoms with E-state index in [0.29, 0.717) is 17.7 Å². The summed E-state index contributed by atoms with van der Waals surface area (Å²) in [6, 6.07) is 30.9. The molecule has 0 radical (unpaired) electrons. The van der Waals surface area contributed by atoms with Crippen molar-refractivity contribution in [1.29, 1.82) is 0 Å². The SMILES string of the molecule is O=C(NN=Cc1ccccc1OC(F)F)c1ccc(COc2ccccc2-c2ccccc2)cc1. The molecular weight excluding hydrogens is 450 g/mol. The van der Waals surface area contributed by atoms with Crippen molar-refractivity contribution in [2.45, 2.75) is 13.2 Å². The molecule has 0 saturated carbocycles. The highest BCUT2D eigenvalue weighted by atomic mass is 19.3. The fourth-order valence-electron chi connectivity index (χ4n) is 3.38. The molecule has 0 aliphatic rings. The molecule has 5 nitrogen and oxygen atoms in total. The van der Waals surface area contributed by atoms with E-state index in [2.05, 4.69) is 15.3 Å². The standard InChI is InChI=1S/C28H22F2N2O3/c29-28(30)35-25-12-6-4-10-23(25)18-31-32-27(33)22-16-14-20(15-17-22)19-34-26-13-7-5-11-24(26)21-8-2-1-3-9-21/h1-18,28H,19H2,(H,32,33). The lowest BCUT2D eigenvalue weighted by Crippen LogP contribution is -2.17. The molecule has 0 atom stereocenters. The third-order valence-electron chi connectivity index (χ3n) is 5.09. The van der Waals surface area contributed by atoms with Crippen molar-refractivity contribution in [2.75, 3.05) is 0 Å². The van der Waals surface area contributed by atoms with Gasteiger partial charge in [0.1, 0.15) is 18.1 Å². The van der Waals surface area contributed by atoms with Crippen LogP contribution >= 0.6 is 0 Å². The highest BCUT2D eigenvalue weighted by molar-refractivity contribution is 5.95. The highest BCUT2D eigenvalue weighted by Crippen LogP contribution is 2.30. The summed E-state index contributed by atoms with van der Waals surface area (Å²) in [5, 5.41) is 3.85. The van der Waals surface area contributed by atoms with E-state index in [0.717, 1.165) is 22.4 Å². The third kappa shape index (κ3) is 6.51. The van der Waals surface area contributed by atoms with Gasteiger partial charge < -0.3 is 9.47 Å². The van der Waals surface area contributed by atoms with Crippen molar-refractivity contribution < 1.29 is 23.0 Å². The predicted molar refractivity (Wildman–Crippen MR) is 131 cm³/mol. The molecule has 7 heteroatoms. The predicted octanol–water partition coefficient (Wildman–Crippen LogP) is 6.30. The van der Waals surface area contributed by atoms with E-state index in [4.69, 9.17) is 4.74 Å². The number of hydrazone groups is 1. The summed E-state index contributed by atoms with van der Waals surface area (Å²) in [5.41, 5.74) is 6.06. The number of hydrogen-bond donors (Lipinski definition) is 1. The molecule has 0 bridgehead atoms. The Kier molecular flexibility index (Phi) is 7.81. The van der Waals surface area contributed by atoms with E-state index < -0.39 is 12.5 Å². The second kappa shape index (κ2) is 11.6. The van der Waals surface area contributed by atoms with E-state index in [-0.39, 0.29) is 5.75 Å². The summed E-state index contributed by atoms with van der Waals surface area (Å²) in [6.45, 7) is -2.61. The largest absolute Gasteiger partial charge is 0.488 e. The minimum absolute atomic E-state index is 0.0290. The fourth-order valence-corrected chi connectivity index (χ4v) is 3.38. The lowest BCUT2D eigenvalue weighted by atomic mass is 10.0. The van der Waals surface area contributed by atoms with E-state index in [1.54, 1.807) is 42.5 Å². The summed E-state index contributed by atoms with van der Waals surface area (Å²) in [6.07, 6.45) is 1.25. The molecule has 4 aromatic carbocycles. The van der Waals surface area contributed by atoms with E-state index in [1.165, 1.54) is 12.3 Å². The molecule has 1 amide bonds. The number of nitrogens with one attached hydrogen (secondary N) is 1. The molecule has 176 valence electrons. The molecule has 0 aliphatic heterocycles. The van der Waals surface area contributed by atoms with Crippen LogP contribution in [0.5, 0.6) is 11.5 Å². The first-order valence-corrected chi connectivity index (χ1v) is 10.8. The summed E-state index contributed by atoms with van der Waals surface area (Å²) >= 11 is 0. The molecule has 0 saturated heterocycles. The summed E-state index contributed by atoms with van der Waals surface area (Å²) in [4.78, 5) is 12.4. The maximum Gasteiger partial charge on any atom is 0.387 e. The van der Waals surface area contributed by atoms with Crippen LogP contribution in [0.3, 0.4) is 0 Å². The van der Waals surface area contributed by atoms with Gasteiger partial charge in [0, 0.05) is 16.7 Å². The van der Waals surface area contributed by atoms with Gasteiger partial charge in [-0.3, -0.25) is 4.79 Å². The molecular formula is C28H22F2N2O3. The summed E-state index contributed by atoms with van der Waals surface area (Å²) in [7, 11) is 0. The molecule has 0 unspecified atom stereocenters. The maximum absolute atomic E-state index is 12.5. The number of amides is 1. The molecule has 1 N–H and O–H groups in total. The Hall–Kier alpha value is -4.52. The van der Waals surface area contributed by atoms with Crippen LogP contribution in [0.15, 0.2) is 108 Å². The Morgan fingerprint density at radius 3 is 2.23 bits per heavy atom. The maximum atomic E-state index is 12.5. The van der Waals surface area contributed by atoms with Gasteiger partial charge in [0.05, 0.1) is 6.21 Å². The minimum atomic E-state index is -2.95. The zero-order valence-corrected chi connectivity index (χ0v) is 18.6. The Morgan fingerprint density at radius 1 is 0.829 bits per heavy atom. The van der Waals surface area contributed by atoms with Crippen molar-refractivity contribution in [3.05, 3.63) is 120 Å². The van der Waals surface area contributed by atoms with Gasteiger partial charge in [0.25, 0.3) is 5.91 Å². The van der Waals surface area contributed by atoms with Crippen LogP contribution in [0, 0.1) is 0 Å². The molecule has 4 aromatic rings. The van der Waals surface area contributed by atoms with Gasteiger partial charge >= 0.3 is 6.61 Å². The average molecular weight is 472 g/mol. The topological polar surface area (TPSA) is 59.9 Å². The fraction of sp³-hybridized carbons (Fsp3) is 0.0714. The van der Waals surface area contributed by atoms with Crippen molar-refractivity contribution in [3.8, 4) is 22.6 Å². The van der Waals surface area contributed by atoms with Gasteiger partial charge in [-0.25, -0.2) is 5.43 Å². The first kappa shape index (κ1) is 23.6. The summed E-state index contributed by atoms with van der Waals surface area (Å²) < 4.78 is 35.5. The number of carbonyl (C=O) groups excluding carboxylic acids is 1. The van der Waals surface area contributed by atoms with Crippen LogP contribution in [-0.2, 0) is 6.61 Å². The lowest BCUT2D eigenvalue weighted by Gasteiger charge is -2.12. The van der Waals surface area contributed by atoms with Crippen LogP contribution in [-0.4, -0.2) is 18.7 Å². The zero-order valence-electron chi connectivity index (χ0n) is 18.6. The zero-order chi connectivity index (χ0) is 24.5. The Morgan fingerprint density at radius 2 is 1.49 bits per heavy atom. The third-order valence-corrected chi connectivity index (χ3v) is 5.09. The number of hydrogen-bond acceptors (Lipinski definition) is 4. The first-order valence-electron chi connectivity index (χ1n) is 10.8. The molecule has 0 fully saturated rings. The van der Waals surface area contributed by atoms with Gasteiger partial charge in [0.2, 0.25) is 0 Å². The number of para-hydroxylation sites is 2. The Labute approximate surface area is 201 Å².